The van der Waals surface area contributed by atoms with E-state index in [1.807, 2.05) is 0 Å². The summed E-state index contributed by atoms with van der Waals surface area (Å²) in [7, 11) is 0. The Morgan fingerprint density at radius 3 is 2.50 bits per heavy atom. The third-order valence-corrected chi connectivity index (χ3v) is 4.12. The fourth-order valence-corrected chi connectivity index (χ4v) is 2.72. The molecule has 0 aromatic heterocycles. The number of halogens is 3. The van der Waals surface area contributed by atoms with Crippen LogP contribution in [0.2, 0.25) is 0 Å². The third kappa shape index (κ3) is 4.85. The molecule has 2 atom stereocenters. The normalized spacial score (nSPS) is 24.7. The summed E-state index contributed by atoms with van der Waals surface area (Å²) in [4.78, 5) is 1.78. The Labute approximate surface area is 117 Å². The molecule has 1 aliphatic heterocycles. The molecule has 0 radical (unpaired) electrons. The minimum absolute atomic E-state index is 0.232. The van der Waals surface area contributed by atoms with Crippen LogP contribution in [-0.2, 0) is 0 Å². The van der Waals surface area contributed by atoms with Crippen molar-refractivity contribution in [2.24, 2.45) is 28.6 Å². The average Bonchev–Trinajstić information content (AvgIpc) is 2.59. The largest absolute Gasteiger partial charge is 0.409 e. The van der Waals surface area contributed by atoms with Gasteiger partial charge in [0, 0.05) is 6.54 Å². The summed E-state index contributed by atoms with van der Waals surface area (Å²) in [6.07, 6.45) is -1.64. The molecule has 2 unspecified atom stereocenters. The van der Waals surface area contributed by atoms with Gasteiger partial charge in [-0.3, -0.25) is 0 Å². The quantitative estimate of drug-likeness (QED) is 0.363. The van der Waals surface area contributed by atoms with E-state index in [0.717, 1.165) is 19.3 Å². The van der Waals surface area contributed by atoms with E-state index in [4.69, 9.17) is 10.9 Å². The molecule has 1 rings (SSSR count). The smallest absolute Gasteiger partial charge is 0.400 e. The van der Waals surface area contributed by atoms with Crippen molar-refractivity contribution in [2.75, 3.05) is 19.6 Å². The molecule has 0 aromatic carbocycles. The maximum Gasteiger partial charge on any atom is 0.400 e. The first-order valence-corrected chi connectivity index (χ1v) is 7.02. The van der Waals surface area contributed by atoms with Gasteiger partial charge in [0.1, 0.15) is 5.92 Å². The maximum atomic E-state index is 12.9. The number of alkyl halides is 3. The Morgan fingerprint density at radius 1 is 1.35 bits per heavy atom. The summed E-state index contributed by atoms with van der Waals surface area (Å²) in [5.41, 5.74) is 5.19. The van der Waals surface area contributed by atoms with Crippen molar-refractivity contribution in [3.05, 3.63) is 0 Å². The number of likely N-dealkylation sites (tertiary alicyclic amines) is 1. The molecule has 0 saturated carbocycles. The van der Waals surface area contributed by atoms with Gasteiger partial charge < -0.3 is 15.8 Å². The van der Waals surface area contributed by atoms with Crippen molar-refractivity contribution < 1.29 is 18.4 Å². The summed E-state index contributed by atoms with van der Waals surface area (Å²) >= 11 is 0. The van der Waals surface area contributed by atoms with Crippen molar-refractivity contribution in [1.82, 2.24) is 4.90 Å². The van der Waals surface area contributed by atoms with Gasteiger partial charge in [0.05, 0.1) is 0 Å². The zero-order valence-electron chi connectivity index (χ0n) is 12.0. The van der Waals surface area contributed by atoms with Crippen molar-refractivity contribution in [1.29, 1.82) is 0 Å². The predicted octanol–water partition coefficient (Wildman–Crippen LogP) is 2.67. The molecule has 0 aliphatic carbocycles. The third-order valence-electron chi connectivity index (χ3n) is 4.12. The Morgan fingerprint density at radius 2 is 2.00 bits per heavy atom. The van der Waals surface area contributed by atoms with Crippen LogP contribution in [0.4, 0.5) is 13.2 Å². The van der Waals surface area contributed by atoms with Crippen molar-refractivity contribution in [3.63, 3.8) is 0 Å². The van der Waals surface area contributed by atoms with E-state index in [9.17, 15) is 13.2 Å². The van der Waals surface area contributed by atoms with Crippen molar-refractivity contribution >= 4 is 5.84 Å². The Kier molecular flexibility index (Phi) is 6.10. The molecule has 3 N–H and O–H groups in total. The number of oxime groups is 1. The van der Waals surface area contributed by atoms with Gasteiger partial charge in [-0.2, -0.15) is 13.2 Å². The molecule has 1 saturated heterocycles. The second-order valence-corrected chi connectivity index (χ2v) is 5.85. The molecular formula is C13H24F3N3O. The van der Waals surface area contributed by atoms with Crippen LogP contribution in [0.1, 0.15) is 33.1 Å². The van der Waals surface area contributed by atoms with E-state index < -0.39 is 17.9 Å². The molecule has 118 valence electrons. The SMILES string of the molecule is CC(C)C1CCCN(CC(C(N)=NO)C(F)(F)F)CC1. The van der Waals surface area contributed by atoms with E-state index in [1.54, 1.807) is 4.90 Å². The molecule has 0 bridgehead atoms. The molecule has 1 heterocycles. The van der Waals surface area contributed by atoms with Crippen LogP contribution in [0, 0.1) is 17.8 Å². The summed E-state index contributed by atoms with van der Waals surface area (Å²) in [6, 6.07) is 0. The summed E-state index contributed by atoms with van der Waals surface area (Å²) < 4.78 is 38.8. The van der Waals surface area contributed by atoms with Crippen LogP contribution in [0.25, 0.3) is 0 Å². The van der Waals surface area contributed by atoms with E-state index in [1.165, 1.54) is 0 Å². The van der Waals surface area contributed by atoms with E-state index in [-0.39, 0.29) is 6.54 Å². The topological polar surface area (TPSA) is 61.8 Å². The highest BCUT2D eigenvalue weighted by Crippen LogP contribution is 2.29. The highest BCUT2D eigenvalue weighted by molar-refractivity contribution is 5.83. The first-order chi connectivity index (χ1) is 9.25. The van der Waals surface area contributed by atoms with Gasteiger partial charge >= 0.3 is 6.18 Å². The molecule has 1 fully saturated rings. The lowest BCUT2D eigenvalue weighted by Gasteiger charge is -2.27. The Balaban J connectivity index is 2.66. The highest BCUT2D eigenvalue weighted by Gasteiger charge is 2.43. The highest BCUT2D eigenvalue weighted by atomic mass is 19.4. The van der Waals surface area contributed by atoms with Gasteiger partial charge in [-0.25, -0.2) is 0 Å². The molecule has 0 spiro atoms. The number of nitrogens with two attached hydrogens (primary N) is 1. The fraction of sp³-hybridized carbons (Fsp3) is 0.923. The first kappa shape index (κ1) is 17.1. The minimum atomic E-state index is -4.49. The van der Waals surface area contributed by atoms with Crippen molar-refractivity contribution in [2.45, 2.75) is 39.3 Å². The standard InChI is InChI=1S/C13H24F3N3O/c1-9(2)10-4-3-6-19(7-5-10)8-11(12(17)18-20)13(14,15)16/h9-11,20H,3-8H2,1-2H3,(H2,17,18). The number of hydrogen-bond acceptors (Lipinski definition) is 3. The Bertz CT molecular complexity index is 331. The molecular weight excluding hydrogens is 271 g/mol. The zero-order valence-corrected chi connectivity index (χ0v) is 12.0. The van der Waals surface area contributed by atoms with Crippen LogP contribution in [0.5, 0.6) is 0 Å². The number of hydrogen-bond donors (Lipinski definition) is 2. The molecule has 1 aliphatic rings. The average molecular weight is 295 g/mol. The van der Waals surface area contributed by atoms with Gasteiger partial charge in [-0.05, 0) is 44.2 Å². The van der Waals surface area contributed by atoms with Crippen LogP contribution < -0.4 is 5.73 Å². The first-order valence-electron chi connectivity index (χ1n) is 7.02. The number of nitrogens with zero attached hydrogens (tertiary/aromatic N) is 2. The summed E-state index contributed by atoms with van der Waals surface area (Å²) in [5.74, 6) is -1.55. The number of amidine groups is 1. The van der Waals surface area contributed by atoms with Gasteiger partial charge in [-0.15, -0.1) is 0 Å². The van der Waals surface area contributed by atoms with E-state index in [2.05, 4.69) is 19.0 Å². The van der Waals surface area contributed by atoms with E-state index >= 15 is 0 Å². The molecule has 4 nitrogen and oxygen atoms in total. The zero-order chi connectivity index (χ0) is 15.3. The lowest BCUT2D eigenvalue weighted by atomic mass is 9.89. The lowest BCUT2D eigenvalue weighted by molar-refractivity contribution is -0.160. The summed E-state index contributed by atoms with van der Waals surface area (Å²) in [6.45, 7) is 5.33. The van der Waals surface area contributed by atoms with Gasteiger partial charge in [0.2, 0.25) is 0 Å². The summed E-state index contributed by atoms with van der Waals surface area (Å²) in [5, 5.41) is 11.0. The van der Waals surface area contributed by atoms with Crippen LogP contribution in [0.3, 0.4) is 0 Å². The van der Waals surface area contributed by atoms with Crippen LogP contribution >= 0.6 is 0 Å². The van der Waals surface area contributed by atoms with Gasteiger partial charge in [0.15, 0.2) is 5.84 Å². The van der Waals surface area contributed by atoms with Crippen molar-refractivity contribution in [3.8, 4) is 0 Å². The Hall–Kier alpha value is -0.980. The molecule has 0 amide bonds. The number of rotatable bonds is 4. The second kappa shape index (κ2) is 7.15. The molecule has 7 heteroatoms. The maximum absolute atomic E-state index is 12.9. The van der Waals surface area contributed by atoms with Gasteiger partial charge in [0.25, 0.3) is 0 Å². The van der Waals surface area contributed by atoms with Crippen LogP contribution in [-0.4, -0.2) is 41.8 Å². The monoisotopic (exact) mass is 295 g/mol. The van der Waals surface area contributed by atoms with E-state index in [0.29, 0.717) is 24.9 Å². The molecule has 20 heavy (non-hydrogen) atoms. The lowest BCUT2D eigenvalue weighted by Crippen LogP contribution is -2.44. The predicted molar refractivity (Wildman–Crippen MR) is 71.6 cm³/mol. The van der Waals surface area contributed by atoms with Gasteiger partial charge in [-0.1, -0.05) is 19.0 Å². The minimum Gasteiger partial charge on any atom is -0.409 e. The molecule has 0 aromatic rings. The van der Waals surface area contributed by atoms with Crippen LogP contribution in [0.15, 0.2) is 5.16 Å². The fourth-order valence-electron chi connectivity index (χ4n) is 2.72. The second-order valence-electron chi connectivity index (χ2n) is 5.85.